The Balaban J connectivity index is 1.69. The Kier molecular flexibility index (Phi) is 6.18. The maximum absolute atomic E-state index is 4.91. The average Bonchev–Trinajstić information content (AvgIpc) is 3.23. The molecule has 0 aliphatic rings. The van der Waals surface area contributed by atoms with Gasteiger partial charge in [-0.2, -0.15) is 5.10 Å². The SMILES string of the molecule is CC(C)c1ccc(C=Cc2cc(-c3ccc(C(C)C)cc3)n(-c3ccccc3)n2)cc1. The van der Waals surface area contributed by atoms with E-state index in [0.29, 0.717) is 11.8 Å². The van der Waals surface area contributed by atoms with Crippen molar-refractivity contribution in [1.82, 2.24) is 9.78 Å². The number of nitrogens with zero attached hydrogens (tertiary/aromatic N) is 2. The molecule has 2 nitrogen and oxygen atoms in total. The van der Waals surface area contributed by atoms with E-state index < -0.39 is 0 Å². The molecule has 0 aliphatic carbocycles. The first-order valence-electron chi connectivity index (χ1n) is 11.0. The third-order valence-corrected chi connectivity index (χ3v) is 5.65. The second-order valence-electron chi connectivity index (χ2n) is 8.63. The largest absolute Gasteiger partial charge is 0.233 e. The van der Waals surface area contributed by atoms with Crippen LogP contribution >= 0.6 is 0 Å². The zero-order chi connectivity index (χ0) is 21.8. The van der Waals surface area contributed by atoms with Crippen molar-refractivity contribution >= 4 is 12.2 Å². The summed E-state index contributed by atoms with van der Waals surface area (Å²) in [5.41, 5.74) is 8.16. The fraction of sp³-hybridized carbons (Fsp3) is 0.207. The molecule has 156 valence electrons. The molecule has 4 rings (SSSR count). The van der Waals surface area contributed by atoms with Crippen molar-refractivity contribution < 1.29 is 0 Å². The highest BCUT2D eigenvalue weighted by atomic mass is 15.3. The van der Waals surface area contributed by atoms with E-state index in [-0.39, 0.29) is 0 Å². The molecule has 0 unspecified atom stereocenters. The quantitative estimate of drug-likeness (QED) is 0.317. The minimum Gasteiger partial charge on any atom is -0.233 e. The molecule has 0 aliphatic heterocycles. The molecule has 31 heavy (non-hydrogen) atoms. The number of hydrogen-bond donors (Lipinski definition) is 0. The second kappa shape index (κ2) is 9.18. The maximum atomic E-state index is 4.91. The second-order valence-corrected chi connectivity index (χ2v) is 8.63. The third-order valence-electron chi connectivity index (χ3n) is 5.65. The Labute approximate surface area is 185 Å². The zero-order valence-corrected chi connectivity index (χ0v) is 18.8. The zero-order valence-electron chi connectivity index (χ0n) is 18.8. The summed E-state index contributed by atoms with van der Waals surface area (Å²) in [6.07, 6.45) is 4.23. The van der Waals surface area contributed by atoms with E-state index in [2.05, 4.69) is 119 Å². The van der Waals surface area contributed by atoms with Crippen LogP contribution in [0, 0.1) is 0 Å². The molecule has 0 spiro atoms. The molecule has 3 aromatic carbocycles. The van der Waals surface area contributed by atoms with Crippen LogP contribution in [0.1, 0.15) is 61.9 Å². The minimum absolute atomic E-state index is 0.522. The lowest BCUT2D eigenvalue weighted by atomic mass is 10.0. The summed E-state index contributed by atoms with van der Waals surface area (Å²) >= 11 is 0. The summed E-state index contributed by atoms with van der Waals surface area (Å²) in [6.45, 7) is 8.88. The van der Waals surface area contributed by atoms with Gasteiger partial charge in [-0.1, -0.05) is 101 Å². The van der Waals surface area contributed by atoms with Crippen LogP contribution < -0.4 is 0 Å². The molecule has 0 saturated carbocycles. The predicted molar refractivity (Wildman–Crippen MR) is 133 cm³/mol. The topological polar surface area (TPSA) is 17.8 Å². The van der Waals surface area contributed by atoms with Gasteiger partial charge in [0.05, 0.1) is 17.1 Å². The van der Waals surface area contributed by atoms with Crippen LogP contribution in [0.25, 0.3) is 29.1 Å². The highest BCUT2D eigenvalue weighted by Crippen LogP contribution is 2.27. The number of hydrogen-bond acceptors (Lipinski definition) is 1. The van der Waals surface area contributed by atoms with Crippen LogP contribution in [0.5, 0.6) is 0 Å². The Bertz CT molecular complexity index is 1150. The smallest absolute Gasteiger partial charge is 0.0862 e. The number of para-hydroxylation sites is 1. The van der Waals surface area contributed by atoms with E-state index in [4.69, 9.17) is 5.10 Å². The molecule has 4 aromatic rings. The van der Waals surface area contributed by atoms with Gasteiger partial charge in [-0.05, 0) is 52.8 Å². The molecule has 0 bridgehead atoms. The Hall–Kier alpha value is -3.39. The first-order chi connectivity index (χ1) is 15.0. The Morgan fingerprint density at radius 2 is 1.26 bits per heavy atom. The molecule has 1 heterocycles. The molecule has 0 saturated heterocycles. The normalized spacial score (nSPS) is 11.7. The summed E-state index contributed by atoms with van der Waals surface area (Å²) in [4.78, 5) is 0. The van der Waals surface area contributed by atoms with Crippen molar-refractivity contribution in [3.8, 4) is 16.9 Å². The van der Waals surface area contributed by atoms with Gasteiger partial charge < -0.3 is 0 Å². The van der Waals surface area contributed by atoms with E-state index in [1.54, 1.807) is 0 Å². The van der Waals surface area contributed by atoms with Gasteiger partial charge in [0.1, 0.15) is 0 Å². The van der Waals surface area contributed by atoms with Crippen molar-refractivity contribution in [3.63, 3.8) is 0 Å². The van der Waals surface area contributed by atoms with Crippen LogP contribution in [0.15, 0.2) is 84.9 Å². The third kappa shape index (κ3) is 4.86. The van der Waals surface area contributed by atoms with Crippen molar-refractivity contribution in [1.29, 1.82) is 0 Å². The van der Waals surface area contributed by atoms with Gasteiger partial charge >= 0.3 is 0 Å². The van der Waals surface area contributed by atoms with E-state index in [9.17, 15) is 0 Å². The summed E-state index contributed by atoms with van der Waals surface area (Å²) in [6, 6.07) is 30.1. The standard InChI is InChI=1S/C29H30N2/c1-21(2)24-13-10-23(11-14-24)12-19-27-20-29(26-17-15-25(16-18-26)22(3)4)31(30-27)28-8-6-5-7-9-28/h5-22H,1-4H3. The van der Waals surface area contributed by atoms with E-state index in [1.165, 1.54) is 22.3 Å². The summed E-state index contributed by atoms with van der Waals surface area (Å²) < 4.78 is 2.03. The average molecular weight is 407 g/mol. The maximum Gasteiger partial charge on any atom is 0.0862 e. The molecule has 0 fully saturated rings. The number of rotatable bonds is 6. The van der Waals surface area contributed by atoms with E-state index in [0.717, 1.165) is 17.1 Å². The minimum atomic E-state index is 0.522. The fourth-order valence-corrected chi connectivity index (χ4v) is 3.66. The Morgan fingerprint density at radius 1 is 0.677 bits per heavy atom. The van der Waals surface area contributed by atoms with Gasteiger partial charge in [0.25, 0.3) is 0 Å². The molecular weight excluding hydrogens is 376 g/mol. The summed E-state index contributed by atoms with van der Waals surface area (Å²) in [5, 5.41) is 4.91. The van der Waals surface area contributed by atoms with Crippen molar-refractivity contribution in [2.24, 2.45) is 0 Å². The molecule has 0 amide bonds. The van der Waals surface area contributed by atoms with Gasteiger partial charge in [-0.15, -0.1) is 0 Å². The number of aromatic nitrogens is 2. The number of benzene rings is 3. The van der Waals surface area contributed by atoms with Gasteiger partial charge in [0.2, 0.25) is 0 Å². The summed E-state index contributed by atoms with van der Waals surface area (Å²) in [5.74, 6) is 1.07. The molecule has 0 atom stereocenters. The van der Waals surface area contributed by atoms with E-state index in [1.807, 2.05) is 10.7 Å². The van der Waals surface area contributed by atoms with Gasteiger partial charge in [-0.3, -0.25) is 0 Å². The predicted octanol–water partition coefficient (Wildman–Crippen LogP) is 7.96. The van der Waals surface area contributed by atoms with Crippen molar-refractivity contribution in [3.05, 3.63) is 107 Å². The lowest BCUT2D eigenvalue weighted by Gasteiger charge is -2.09. The van der Waals surface area contributed by atoms with Crippen molar-refractivity contribution in [2.75, 3.05) is 0 Å². The fourth-order valence-electron chi connectivity index (χ4n) is 3.66. The van der Waals surface area contributed by atoms with Crippen LogP contribution in [0.4, 0.5) is 0 Å². The van der Waals surface area contributed by atoms with Crippen LogP contribution in [0.3, 0.4) is 0 Å². The summed E-state index contributed by atoms with van der Waals surface area (Å²) in [7, 11) is 0. The Morgan fingerprint density at radius 3 is 1.84 bits per heavy atom. The van der Waals surface area contributed by atoms with Crippen LogP contribution in [-0.4, -0.2) is 9.78 Å². The first-order valence-corrected chi connectivity index (χ1v) is 11.0. The highest BCUT2D eigenvalue weighted by Gasteiger charge is 2.11. The first kappa shape index (κ1) is 20.9. The van der Waals surface area contributed by atoms with Crippen LogP contribution in [0.2, 0.25) is 0 Å². The van der Waals surface area contributed by atoms with Crippen molar-refractivity contribution in [2.45, 2.75) is 39.5 Å². The molecule has 0 radical (unpaired) electrons. The monoisotopic (exact) mass is 406 g/mol. The van der Waals surface area contributed by atoms with Gasteiger partial charge in [-0.25, -0.2) is 4.68 Å². The molecule has 0 N–H and O–H groups in total. The molecule has 1 aromatic heterocycles. The lowest BCUT2D eigenvalue weighted by molar-refractivity contribution is 0.865. The van der Waals surface area contributed by atoms with Gasteiger partial charge in [0.15, 0.2) is 0 Å². The van der Waals surface area contributed by atoms with E-state index >= 15 is 0 Å². The molecular formula is C29H30N2. The molecule has 2 heteroatoms. The highest BCUT2D eigenvalue weighted by molar-refractivity contribution is 5.72. The van der Waals surface area contributed by atoms with Crippen LogP contribution in [-0.2, 0) is 0 Å². The van der Waals surface area contributed by atoms with Gasteiger partial charge in [0, 0.05) is 5.56 Å². The lowest BCUT2D eigenvalue weighted by Crippen LogP contribution is -1.99.